The van der Waals surface area contributed by atoms with Gasteiger partial charge < -0.3 is 20.5 Å². The number of piperidine rings is 1. The summed E-state index contributed by atoms with van der Waals surface area (Å²) in [5.74, 6) is -2.06. The zero-order valence-electron chi connectivity index (χ0n) is 19.2. The van der Waals surface area contributed by atoms with Gasteiger partial charge in [0.15, 0.2) is 11.6 Å². The van der Waals surface area contributed by atoms with Crippen molar-refractivity contribution in [3.8, 4) is 0 Å². The molecule has 0 aliphatic carbocycles. The Hall–Kier alpha value is -3.52. The van der Waals surface area contributed by atoms with Gasteiger partial charge in [-0.15, -0.1) is 0 Å². The van der Waals surface area contributed by atoms with E-state index in [0.29, 0.717) is 28.8 Å². The van der Waals surface area contributed by atoms with E-state index in [1.807, 2.05) is 18.2 Å². The van der Waals surface area contributed by atoms with Crippen molar-refractivity contribution in [3.05, 3.63) is 76.9 Å². The number of benzene rings is 2. The van der Waals surface area contributed by atoms with Crippen molar-refractivity contribution >= 4 is 28.4 Å². The second-order valence-corrected chi connectivity index (χ2v) is 8.81. The molecule has 1 amide bonds. The summed E-state index contributed by atoms with van der Waals surface area (Å²) in [6, 6.07) is 9.98. The van der Waals surface area contributed by atoms with Crippen LogP contribution < -0.4 is 10.6 Å². The van der Waals surface area contributed by atoms with Crippen LogP contribution in [0.2, 0.25) is 0 Å². The third-order valence-electron chi connectivity index (χ3n) is 6.58. The summed E-state index contributed by atoms with van der Waals surface area (Å²) in [7, 11) is 0. The molecule has 5 rings (SSSR count). The van der Waals surface area contributed by atoms with E-state index >= 15 is 0 Å². The van der Waals surface area contributed by atoms with Gasteiger partial charge in [0.25, 0.3) is 5.91 Å². The highest BCUT2D eigenvalue weighted by atomic mass is 19.2. The molecule has 0 atom stereocenters. The Morgan fingerprint density at radius 3 is 2.71 bits per heavy atom. The highest BCUT2D eigenvalue weighted by Gasteiger charge is 2.32. The molecule has 3 aromatic rings. The van der Waals surface area contributed by atoms with Gasteiger partial charge in [-0.3, -0.25) is 4.79 Å². The van der Waals surface area contributed by atoms with Crippen molar-refractivity contribution in [2.75, 3.05) is 30.3 Å². The van der Waals surface area contributed by atoms with Gasteiger partial charge in [-0.1, -0.05) is 19.1 Å². The fourth-order valence-corrected chi connectivity index (χ4v) is 4.75. The molecule has 2 aliphatic rings. The number of H-pyrrole nitrogens is 1. The standard InChI is InChI=1S/C26H27F2N5O/c1-3-33-11-9-16(10-12-33)31-17-7-8-21-19(13-17)23(26(34)32-21)22(25-29-14-15(2)30-25)18-5-4-6-20(27)24(18)28/h4-8,13-14,16,31H,3,9-12H2,1-2H3,(H,29,30)(H,32,34)/b23-22-. The predicted octanol–water partition coefficient (Wildman–Crippen LogP) is 4.80. The molecule has 6 nitrogen and oxygen atoms in total. The smallest absolute Gasteiger partial charge is 0.257 e. The van der Waals surface area contributed by atoms with Crippen molar-refractivity contribution in [2.45, 2.75) is 32.7 Å². The van der Waals surface area contributed by atoms with E-state index < -0.39 is 11.6 Å². The van der Waals surface area contributed by atoms with E-state index in [4.69, 9.17) is 0 Å². The summed E-state index contributed by atoms with van der Waals surface area (Å²) < 4.78 is 29.1. The number of likely N-dealkylation sites (tertiary alicyclic amines) is 1. The van der Waals surface area contributed by atoms with Gasteiger partial charge in [0.2, 0.25) is 0 Å². The monoisotopic (exact) mass is 463 g/mol. The number of aromatic amines is 1. The van der Waals surface area contributed by atoms with Crippen LogP contribution in [0.4, 0.5) is 20.2 Å². The quantitative estimate of drug-likeness (QED) is 0.475. The van der Waals surface area contributed by atoms with Gasteiger partial charge in [0.05, 0.1) is 11.3 Å². The number of halogens is 2. The number of aromatic nitrogens is 2. The van der Waals surface area contributed by atoms with Crippen molar-refractivity contribution in [1.29, 1.82) is 0 Å². The van der Waals surface area contributed by atoms with Gasteiger partial charge in [0, 0.05) is 53.4 Å². The van der Waals surface area contributed by atoms with Gasteiger partial charge in [-0.25, -0.2) is 13.8 Å². The Morgan fingerprint density at radius 1 is 1.21 bits per heavy atom. The summed E-state index contributed by atoms with van der Waals surface area (Å²) in [6.07, 6.45) is 3.74. The number of amides is 1. The normalized spacial score (nSPS) is 18.1. The zero-order valence-corrected chi connectivity index (χ0v) is 19.2. The fraction of sp³-hybridized carbons (Fsp3) is 0.308. The minimum Gasteiger partial charge on any atom is -0.382 e. The van der Waals surface area contributed by atoms with E-state index in [-0.39, 0.29) is 22.6 Å². The average molecular weight is 464 g/mol. The molecule has 3 N–H and O–H groups in total. The zero-order chi connectivity index (χ0) is 23.8. The van der Waals surface area contributed by atoms with Gasteiger partial charge in [0.1, 0.15) is 5.82 Å². The predicted molar refractivity (Wildman–Crippen MR) is 129 cm³/mol. The number of nitrogens with zero attached hydrogens (tertiary/aromatic N) is 2. The van der Waals surface area contributed by atoms with E-state index in [1.165, 1.54) is 12.1 Å². The molecule has 176 valence electrons. The van der Waals surface area contributed by atoms with Crippen LogP contribution in [0.1, 0.15) is 42.4 Å². The molecular formula is C26H27F2N5O. The number of rotatable bonds is 5. The van der Waals surface area contributed by atoms with Crippen molar-refractivity contribution in [3.63, 3.8) is 0 Å². The lowest BCUT2D eigenvalue weighted by molar-refractivity contribution is -0.110. The Labute approximate surface area is 197 Å². The Bertz CT molecular complexity index is 1270. The first-order chi connectivity index (χ1) is 16.4. The molecule has 1 fully saturated rings. The first-order valence-corrected chi connectivity index (χ1v) is 11.6. The second-order valence-electron chi connectivity index (χ2n) is 8.81. The number of hydrogen-bond acceptors (Lipinski definition) is 4. The van der Waals surface area contributed by atoms with E-state index in [9.17, 15) is 13.6 Å². The molecule has 0 spiro atoms. The molecule has 1 saturated heterocycles. The number of fused-ring (bicyclic) bond motifs is 1. The Balaban J connectivity index is 1.59. The lowest BCUT2D eigenvalue weighted by atomic mass is 9.94. The van der Waals surface area contributed by atoms with Gasteiger partial charge >= 0.3 is 0 Å². The molecule has 1 aromatic heterocycles. The van der Waals surface area contributed by atoms with Gasteiger partial charge in [-0.2, -0.15) is 0 Å². The lowest BCUT2D eigenvalue weighted by Crippen LogP contribution is -2.38. The third-order valence-corrected chi connectivity index (χ3v) is 6.58. The molecular weight excluding hydrogens is 436 g/mol. The molecule has 0 saturated carbocycles. The minimum atomic E-state index is -1.02. The second kappa shape index (κ2) is 9.02. The third kappa shape index (κ3) is 4.09. The maximum absolute atomic E-state index is 15.0. The summed E-state index contributed by atoms with van der Waals surface area (Å²) in [4.78, 5) is 23.0. The van der Waals surface area contributed by atoms with Crippen LogP contribution >= 0.6 is 0 Å². The number of nitrogens with one attached hydrogen (secondary N) is 3. The number of aryl methyl sites for hydroxylation is 1. The van der Waals surface area contributed by atoms with Gasteiger partial charge in [-0.05, 0) is 50.6 Å². The number of carbonyl (C=O) groups is 1. The first-order valence-electron chi connectivity index (χ1n) is 11.6. The highest BCUT2D eigenvalue weighted by molar-refractivity contribution is 6.38. The molecule has 2 aromatic carbocycles. The molecule has 0 radical (unpaired) electrons. The molecule has 3 heterocycles. The lowest BCUT2D eigenvalue weighted by Gasteiger charge is -2.32. The average Bonchev–Trinajstić information content (AvgIpc) is 3.40. The summed E-state index contributed by atoms with van der Waals surface area (Å²) in [6.45, 7) is 7.11. The largest absolute Gasteiger partial charge is 0.382 e. The van der Waals surface area contributed by atoms with Crippen LogP contribution in [0.25, 0.3) is 11.1 Å². The summed E-state index contributed by atoms with van der Waals surface area (Å²) in [5, 5.41) is 6.45. The van der Waals surface area contributed by atoms with Crippen molar-refractivity contribution in [2.24, 2.45) is 0 Å². The molecule has 0 unspecified atom stereocenters. The molecule has 34 heavy (non-hydrogen) atoms. The van der Waals surface area contributed by atoms with E-state index in [1.54, 1.807) is 13.1 Å². The maximum atomic E-state index is 15.0. The SMILES string of the molecule is CCN1CCC(Nc2ccc3c(c2)/C(=C(/c2nc(C)c[nH]2)c2cccc(F)c2F)C(=O)N3)CC1. The Morgan fingerprint density at radius 2 is 2.00 bits per heavy atom. The van der Waals surface area contributed by atoms with Crippen LogP contribution in [0.3, 0.4) is 0 Å². The van der Waals surface area contributed by atoms with Crippen LogP contribution in [-0.4, -0.2) is 46.5 Å². The first kappa shape index (κ1) is 22.3. The number of carbonyl (C=O) groups excluding carboxylic acids is 1. The summed E-state index contributed by atoms with van der Waals surface area (Å²) >= 11 is 0. The molecule has 8 heteroatoms. The van der Waals surface area contributed by atoms with Crippen molar-refractivity contribution < 1.29 is 13.6 Å². The van der Waals surface area contributed by atoms with Crippen LogP contribution in [-0.2, 0) is 4.79 Å². The maximum Gasteiger partial charge on any atom is 0.257 e. The minimum absolute atomic E-state index is 0.0161. The fourth-order valence-electron chi connectivity index (χ4n) is 4.75. The summed E-state index contributed by atoms with van der Waals surface area (Å²) in [5.41, 5.74) is 3.30. The highest BCUT2D eigenvalue weighted by Crippen LogP contribution is 2.41. The van der Waals surface area contributed by atoms with E-state index in [2.05, 4.69) is 32.4 Å². The number of imidazole rings is 1. The number of hydrogen-bond donors (Lipinski definition) is 3. The van der Waals surface area contributed by atoms with Crippen LogP contribution in [0, 0.1) is 18.6 Å². The van der Waals surface area contributed by atoms with Crippen LogP contribution in [0.15, 0.2) is 42.6 Å². The number of anilines is 2. The topological polar surface area (TPSA) is 73.0 Å². The van der Waals surface area contributed by atoms with Crippen molar-refractivity contribution in [1.82, 2.24) is 14.9 Å². The molecule has 0 bridgehead atoms. The van der Waals surface area contributed by atoms with Crippen LogP contribution in [0.5, 0.6) is 0 Å². The Kier molecular flexibility index (Phi) is 5.91. The molecule has 2 aliphatic heterocycles. The van der Waals surface area contributed by atoms with E-state index in [0.717, 1.165) is 44.2 Å².